The average molecular weight is 298 g/mol. The Morgan fingerprint density at radius 1 is 0.783 bits per heavy atom. The van der Waals surface area contributed by atoms with Gasteiger partial charge in [0.25, 0.3) is 0 Å². The van der Waals surface area contributed by atoms with Crippen molar-refractivity contribution >= 4 is 10.9 Å². The molecule has 0 amide bonds. The zero-order chi connectivity index (χ0) is 15.8. The quantitative estimate of drug-likeness (QED) is 0.490. The lowest BCUT2D eigenvalue weighted by molar-refractivity contribution is 0.902. The van der Waals surface area contributed by atoms with Crippen LogP contribution < -0.4 is 0 Å². The molecule has 112 valence electrons. The van der Waals surface area contributed by atoms with Crippen LogP contribution in [-0.4, -0.2) is 9.78 Å². The summed E-state index contributed by atoms with van der Waals surface area (Å²) in [6.07, 6.45) is 0. The molecule has 23 heavy (non-hydrogen) atoms. The smallest absolute Gasteiger partial charge is 0.0963 e. The third-order valence-corrected chi connectivity index (χ3v) is 4.16. The maximum absolute atomic E-state index is 4.92. The number of aryl methyl sites for hydroxylation is 2. The zero-order valence-electron chi connectivity index (χ0n) is 13.3. The first-order valence-electron chi connectivity index (χ1n) is 7.85. The Morgan fingerprint density at radius 2 is 1.43 bits per heavy atom. The molecule has 0 N–H and O–H groups in total. The topological polar surface area (TPSA) is 17.8 Å². The van der Waals surface area contributed by atoms with Gasteiger partial charge in [0.05, 0.1) is 16.9 Å². The SMILES string of the molecule is Cc1cc(C)c2nn(-c3ccccc3)c(-c3ccccc3)c2c1. The highest BCUT2D eigenvalue weighted by Gasteiger charge is 2.16. The standard InChI is InChI=1S/C21H18N2/c1-15-13-16(2)20-19(14-15)21(17-9-5-3-6-10-17)23(22-20)18-11-7-4-8-12-18/h3-14H,1-2H3. The number of rotatable bonds is 2. The fourth-order valence-corrected chi connectivity index (χ4v) is 3.17. The van der Waals surface area contributed by atoms with E-state index in [0.717, 1.165) is 16.9 Å². The summed E-state index contributed by atoms with van der Waals surface area (Å²) in [7, 11) is 0. The number of benzene rings is 3. The molecule has 0 radical (unpaired) electrons. The molecule has 3 aromatic carbocycles. The minimum Gasteiger partial charge on any atom is -0.232 e. The number of aromatic nitrogens is 2. The van der Waals surface area contributed by atoms with E-state index in [9.17, 15) is 0 Å². The van der Waals surface area contributed by atoms with Crippen LogP contribution in [0.15, 0.2) is 72.8 Å². The molecule has 4 rings (SSSR count). The maximum atomic E-state index is 4.92. The first-order valence-corrected chi connectivity index (χ1v) is 7.85. The van der Waals surface area contributed by atoms with Crippen LogP contribution >= 0.6 is 0 Å². The normalized spacial score (nSPS) is 11.0. The zero-order valence-corrected chi connectivity index (χ0v) is 13.3. The Morgan fingerprint density at radius 3 is 2.13 bits per heavy atom. The van der Waals surface area contributed by atoms with Crippen molar-refractivity contribution < 1.29 is 0 Å². The summed E-state index contributed by atoms with van der Waals surface area (Å²) in [6, 6.07) is 25.2. The van der Waals surface area contributed by atoms with Crippen LogP contribution in [0.25, 0.3) is 27.8 Å². The van der Waals surface area contributed by atoms with Crippen molar-refractivity contribution in [3.8, 4) is 16.9 Å². The lowest BCUT2D eigenvalue weighted by Gasteiger charge is -2.08. The molecule has 2 heteroatoms. The lowest BCUT2D eigenvalue weighted by atomic mass is 10.0. The van der Waals surface area contributed by atoms with Crippen LogP contribution in [0.2, 0.25) is 0 Å². The van der Waals surface area contributed by atoms with Gasteiger partial charge in [-0.1, -0.05) is 60.2 Å². The second-order valence-electron chi connectivity index (χ2n) is 5.94. The predicted molar refractivity (Wildman–Crippen MR) is 96.0 cm³/mol. The highest BCUT2D eigenvalue weighted by Crippen LogP contribution is 2.33. The monoisotopic (exact) mass is 298 g/mol. The Bertz CT molecular complexity index is 967. The van der Waals surface area contributed by atoms with Gasteiger partial charge in [-0.3, -0.25) is 0 Å². The molecule has 1 aromatic heterocycles. The molecule has 4 aromatic rings. The van der Waals surface area contributed by atoms with Gasteiger partial charge >= 0.3 is 0 Å². The molecule has 0 saturated heterocycles. The van der Waals surface area contributed by atoms with Crippen molar-refractivity contribution in [1.29, 1.82) is 0 Å². The van der Waals surface area contributed by atoms with E-state index in [2.05, 4.69) is 79.2 Å². The molecule has 1 heterocycles. The van der Waals surface area contributed by atoms with Gasteiger partial charge in [0, 0.05) is 10.9 Å². The molecule has 0 atom stereocenters. The summed E-state index contributed by atoms with van der Waals surface area (Å²) >= 11 is 0. The Kier molecular flexibility index (Phi) is 3.23. The highest BCUT2D eigenvalue weighted by atomic mass is 15.3. The molecular weight excluding hydrogens is 280 g/mol. The fourth-order valence-electron chi connectivity index (χ4n) is 3.17. The minimum atomic E-state index is 1.07. The van der Waals surface area contributed by atoms with E-state index < -0.39 is 0 Å². The van der Waals surface area contributed by atoms with Gasteiger partial charge in [0.2, 0.25) is 0 Å². The van der Waals surface area contributed by atoms with E-state index in [1.165, 1.54) is 22.1 Å². The summed E-state index contributed by atoms with van der Waals surface area (Å²) in [5.41, 5.74) is 6.96. The number of para-hydroxylation sites is 1. The van der Waals surface area contributed by atoms with E-state index in [-0.39, 0.29) is 0 Å². The van der Waals surface area contributed by atoms with Crippen molar-refractivity contribution in [3.63, 3.8) is 0 Å². The first kappa shape index (κ1) is 13.8. The van der Waals surface area contributed by atoms with Crippen molar-refractivity contribution in [2.45, 2.75) is 13.8 Å². The fraction of sp³-hybridized carbons (Fsp3) is 0.0952. The minimum absolute atomic E-state index is 1.07. The number of hydrogen-bond acceptors (Lipinski definition) is 1. The third-order valence-electron chi connectivity index (χ3n) is 4.16. The average Bonchev–Trinajstić information content (AvgIpc) is 2.96. The lowest BCUT2D eigenvalue weighted by Crippen LogP contribution is -1.98. The van der Waals surface area contributed by atoms with Crippen LogP contribution in [0.5, 0.6) is 0 Å². The molecule has 0 aliphatic rings. The molecule has 0 aliphatic heterocycles. The van der Waals surface area contributed by atoms with E-state index in [1.807, 2.05) is 12.1 Å². The van der Waals surface area contributed by atoms with Crippen LogP contribution in [0.1, 0.15) is 11.1 Å². The van der Waals surface area contributed by atoms with Crippen molar-refractivity contribution in [2.75, 3.05) is 0 Å². The van der Waals surface area contributed by atoms with E-state index in [1.54, 1.807) is 0 Å². The maximum Gasteiger partial charge on any atom is 0.0963 e. The Labute approximate surface area is 136 Å². The van der Waals surface area contributed by atoms with E-state index in [4.69, 9.17) is 5.10 Å². The first-order chi connectivity index (χ1) is 11.2. The largest absolute Gasteiger partial charge is 0.232 e. The predicted octanol–water partition coefficient (Wildman–Crippen LogP) is 5.31. The molecule has 0 saturated carbocycles. The van der Waals surface area contributed by atoms with Gasteiger partial charge in [0.1, 0.15) is 0 Å². The van der Waals surface area contributed by atoms with Gasteiger partial charge in [0.15, 0.2) is 0 Å². The van der Waals surface area contributed by atoms with E-state index >= 15 is 0 Å². The number of hydrogen-bond donors (Lipinski definition) is 0. The third kappa shape index (κ3) is 2.33. The van der Waals surface area contributed by atoms with E-state index in [0.29, 0.717) is 0 Å². The van der Waals surface area contributed by atoms with Crippen LogP contribution in [0, 0.1) is 13.8 Å². The van der Waals surface area contributed by atoms with Crippen LogP contribution in [0.3, 0.4) is 0 Å². The van der Waals surface area contributed by atoms with Gasteiger partial charge in [-0.15, -0.1) is 0 Å². The Balaban J connectivity index is 2.12. The second-order valence-corrected chi connectivity index (χ2v) is 5.94. The number of fused-ring (bicyclic) bond motifs is 1. The van der Waals surface area contributed by atoms with Crippen molar-refractivity contribution in [1.82, 2.24) is 9.78 Å². The highest BCUT2D eigenvalue weighted by molar-refractivity contribution is 5.96. The van der Waals surface area contributed by atoms with Crippen molar-refractivity contribution in [2.24, 2.45) is 0 Å². The van der Waals surface area contributed by atoms with Gasteiger partial charge in [-0.2, -0.15) is 5.10 Å². The molecule has 0 bridgehead atoms. The summed E-state index contributed by atoms with van der Waals surface area (Å²) in [5.74, 6) is 0. The summed E-state index contributed by atoms with van der Waals surface area (Å²) < 4.78 is 2.06. The molecular formula is C21H18N2. The molecule has 0 fully saturated rings. The van der Waals surface area contributed by atoms with Gasteiger partial charge in [-0.25, -0.2) is 4.68 Å². The summed E-state index contributed by atoms with van der Waals surface area (Å²) in [5, 5.41) is 6.12. The summed E-state index contributed by atoms with van der Waals surface area (Å²) in [4.78, 5) is 0. The summed E-state index contributed by atoms with van der Waals surface area (Å²) in [6.45, 7) is 4.27. The van der Waals surface area contributed by atoms with Crippen molar-refractivity contribution in [3.05, 3.63) is 83.9 Å². The van der Waals surface area contributed by atoms with Gasteiger partial charge < -0.3 is 0 Å². The molecule has 0 aliphatic carbocycles. The number of nitrogens with zero attached hydrogens (tertiary/aromatic N) is 2. The van der Waals surface area contributed by atoms with Crippen LogP contribution in [0.4, 0.5) is 0 Å². The second kappa shape index (κ2) is 5.40. The van der Waals surface area contributed by atoms with Crippen LogP contribution in [-0.2, 0) is 0 Å². The molecule has 0 unspecified atom stereocenters. The molecule has 0 spiro atoms. The molecule has 2 nitrogen and oxygen atoms in total. The Hall–Kier alpha value is -2.87. The van der Waals surface area contributed by atoms with Gasteiger partial charge in [-0.05, 0) is 37.6 Å².